The molecule has 2 aromatic carbocycles. The number of halogens is 1. The molecule has 132 valence electrons. The minimum absolute atomic E-state index is 0.0347. The molecule has 0 aliphatic heterocycles. The lowest BCUT2D eigenvalue weighted by Crippen LogP contribution is -2.20. The van der Waals surface area contributed by atoms with Gasteiger partial charge in [0.1, 0.15) is 5.75 Å². The number of carbonyl (C=O) groups is 1. The molecular weight excluding hydrogens is 336 g/mol. The fraction of sp³-hybridized carbons (Fsp3) is 0.300. The molecule has 2 rings (SSSR count). The smallest absolute Gasteiger partial charge is 0.244 e. The molecule has 2 aromatic rings. The van der Waals surface area contributed by atoms with Crippen LogP contribution in [0.2, 0.25) is 5.02 Å². The summed E-state index contributed by atoms with van der Waals surface area (Å²) in [5.41, 5.74) is 6.54. The van der Waals surface area contributed by atoms with Gasteiger partial charge in [-0.3, -0.25) is 4.79 Å². The van der Waals surface area contributed by atoms with Crippen LogP contribution in [0.15, 0.2) is 41.5 Å². The lowest BCUT2D eigenvalue weighted by atomic mass is 10.0. The summed E-state index contributed by atoms with van der Waals surface area (Å²) >= 11 is 6.03. The molecule has 0 spiro atoms. The molecule has 0 radical (unpaired) electrons. The van der Waals surface area contributed by atoms with Crippen molar-refractivity contribution in [2.24, 2.45) is 5.10 Å². The van der Waals surface area contributed by atoms with Gasteiger partial charge in [-0.1, -0.05) is 35.4 Å². The number of ether oxygens (including phenoxy) is 1. The largest absolute Gasteiger partial charge is 0.490 e. The summed E-state index contributed by atoms with van der Waals surface area (Å²) in [6, 6.07) is 11.3. The van der Waals surface area contributed by atoms with Crippen LogP contribution in [-0.4, -0.2) is 18.2 Å². The Kier molecular flexibility index (Phi) is 6.59. The third-order valence-electron chi connectivity index (χ3n) is 3.58. The number of aryl methyl sites for hydroxylation is 2. The monoisotopic (exact) mass is 358 g/mol. The van der Waals surface area contributed by atoms with Crippen molar-refractivity contribution in [1.82, 2.24) is 5.43 Å². The Morgan fingerprint density at radius 1 is 1.24 bits per heavy atom. The van der Waals surface area contributed by atoms with Crippen molar-refractivity contribution >= 4 is 23.7 Å². The number of rotatable bonds is 6. The van der Waals surface area contributed by atoms with Gasteiger partial charge in [0.25, 0.3) is 0 Å². The molecule has 1 N–H and O–H groups in total. The van der Waals surface area contributed by atoms with Crippen LogP contribution in [0.25, 0.3) is 0 Å². The highest BCUT2D eigenvalue weighted by Crippen LogP contribution is 2.22. The molecular formula is C20H23ClN2O2. The quantitative estimate of drug-likeness (QED) is 0.613. The van der Waals surface area contributed by atoms with E-state index in [0.29, 0.717) is 16.3 Å². The Morgan fingerprint density at radius 2 is 2.00 bits per heavy atom. The summed E-state index contributed by atoms with van der Waals surface area (Å²) in [6.45, 7) is 7.92. The summed E-state index contributed by atoms with van der Waals surface area (Å²) in [4.78, 5) is 12.1. The molecule has 0 saturated carbocycles. The van der Waals surface area contributed by atoms with Gasteiger partial charge in [-0.2, -0.15) is 5.10 Å². The zero-order valence-corrected chi connectivity index (χ0v) is 15.7. The van der Waals surface area contributed by atoms with E-state index in [4.69, 9.17) is 16.3 Å². The number of nitrogens with one attached hydrogen (secondary N) is 1. The van der Waals surface area contributed by atoms with E-state index in [1.54, 1.807) is 24.4 Å². The van der Waals surface area contributed by atoms with Gasteiger partial charge < -0.3 is 4.74 Å². The van der Waals surface area contributed by atoms with Crippen molar-refractivity contribution in [3.8, 4) is 5.75 Å². The fourth-order valence-electron chi connectivity index (χ4n) is 2.41. The molecule has 0 aliphatic rings. The molecule has 4 nitrogen and oxygen atoms in total. The maximum absolute atomic E-state index is 12.1. The standard InChI is InChI=1S/C20H23ClN2O2/c1-13(2)25-19-8-7-18(21)10-17(19)12-22-23-20(24)11-16-6-5-14(3)9-15(16)4/h5-10,12-13H,11H2,1-4H3,(H,23,24)/b22-12-. The first-order valence-electron chi connectivity index (χ1n) is 8.19. The van der Waals surface area contributed by atoms with Gasteiger partial charge in [0.2, 0.25) is 5.91 Å². The molecule has 0 saturated heterocycles. The average Bonchev–Trinajstić information content (AvgIpc) is 2.52. The van der Waals surface area contributed by atoms with Crippen molar-refractivity contribution in [2.45, 2.75) is 40.2 Å². The first-order chi connectivity index (χ1) is 11.8. The van der Waals surface area contributed by atoms with Gasteiger partial charge in [-0.15, -0.1) is 0 Å². The highest BCUT2D eigenvalue weighted by atomic mass is 35.5. The van der Waals surface area contributed by atoms with Gasteiger partial charge in [-0.25, -0.2) is 5.43 Å². The Bertz CT molecular complexity index is 785. The minimum Gasteiger partial charge on any atom is -0.490 e. The summed E-state index contributed by atoms with van der Waals surface area (Å²) in [5, 5.41) is 4.61. The molecule has 25 heavy (non-hydrogen) atoms. The van der Waals surface area contributed by atoms with E-state index in [1.807, 2.05) is 39.8 Å². The van der Waals surface area contributed by atoms with Gasteiger partial charge in [0.05, 0.1) is 18.7 Å². The van der Waals surface area contributed by atoms with Crippen LogP contribution in [-0.2, 0) is 11.2 Å². The number of benzene rings is 2. The normalized spacial score (nSPS) is 11.1. The van der Waals surface area contributed by atoms with E-state index in [0.717, 1.165) is 11.1 Å². The van der Waals surface area contributed by atoms with Crippen LogP contribution in [0.1, 0.15) is 36.1 Å². The van der Waals surface area contributed by atoms with Crippen LogP contribution < -0.4 is 10.2 Å². The number of hydrogen-bond donors (Lipinski definition) is 1. The van der Waals surface area contributed by atoms with Crippen molar-refractivity contribution in [3.05, 3.63) is 63.7 Å². The second-order valence-corrected chi connectivity index (χ2v) is 6.69. The van der Waals surface area contributed by atoms with Gasteiger partial charge in [0, 0.05) is 10.6 Å². The summed E-state index contributed by atoms with van der Waals surface area (Å²) in [6.07, 6.45) is 1.87. The molecule has 5 heteroatoms. The zero-order valence-electron chi connectivity index (χ0n) is 15.0. The van der Waals surface area contributed by atoms with Crippen LogP contribution in [0.4, 0.5) is 0 Å². The molecule has 1 amide bonds. The molecule has 0 bridgehead atoms. The number of hydrogen-bond acceptors (Lipinski definition) is 3. The lowest BCUT2D eigenvalue weighted by Gasteiger charge is -2.12. The van der Waals surface area contributed by atoms with Crippen molar-refractivity contribution < 1.29 is 9.53 Å². The molecule has 0 fully saturated rings. The number of hydrazone groups is 1. The SMILES string of the molecule is Cc1ccc(CC(=O)N/N=C\c2cc(Cl)ccc2OC(C)C)c(C)c1. The molecule has 0 atom stereocenters. The summed E-state index contributed by atoms with van der Waals surface area (Å²) in [7, 11) is 0. The average molecular weight is 359 g/mol. The molecule has 0 unspecified atom stereocenters. The second-order valence-electron chi connectivity index (χ2n) is 6.25. The Morgan fingerprint density at radius 3 is 2.68 bits per heavy atom. The van der Waals surface area contributed by atoms with Crippen LogP contribution in [0.5, 0.6) is 5.75 Å². The van der Waals surface area contributed by atoms with Gasteiger partial charge in [-0.05, 0) is 57.0 Å². The predicted octanol–water partition coefficient (Wildman–Crippen LogP) is 4.44. The Hall–Kier alpha value is -2.33. The summed E-state index contributed by atoms with van der Waals surface area (Å²) < 4.78 is 5.72. The van der Waals surface area contributed by atoms with Crippen LogP contribution >= 0.6 is 11.6 Å². The predicted molar refractivity (Wildman–Crippen MR) is 103 cm³/mol. The Balaban J connectivity index is 2.02. The minimum atomic E-state index is -0.170. The topological polar surface area (TPSA) is 50.7 Å². The van der Waals surface area contributed by atoms with Crippen molar-refractivity contribution in [2.75, 3.05) is 0 Å². The van der Waals surface area contributed by atoms with E-state index in [-0.39, 0.29) is 18.4 Å². The van der Waals surface area contributed by atoms with E-state index in [1.165, 1.54) is 5.56 Å². The van der Waals surface area contributed by atoms with Crippen molar-refractivity contribution in [3.63, 3.8) is 0 Å². The molecule has 0 heterocycles. The first kappa shape index (κ1) is 19.0. The molecule has 0 aliphatic carbocycles. The summed E-state index contributed by atoms with van der Waals surface area (Å²) in [5.74, 6) is 0.503. The third kappa shape index (κ3) is 5.91. The number of carbonyl (C=O) groups excluding carboxylic acids is 1. The maximum Gasteiger partial charge on any atom is 0.244 e. The highest BCUT2D eigenvalue weighted by molar-refractivity contribution is 6.30. The van der Waals surface area contributed by atoms with E-state index in [2.05, 4.69) is 16.6 Å². The number of amides is 1. The molecule has 0 aromatic heterocycles. The van der Waals surface area contributed by atoms with E-state index >= 15 is 0 Å². The third-order valence-corrected chi connectivity index (χ3v) is 3.81. The van der Waals surface area contributed by atoms with E-state index < -0.39 is 0 Å². The van der Waals surface area contributed by atoms with E-state index in [9.17, 15) is 4.79 Å². The number of nitrogens with zero attached hydrogens (tertiary/aromatic N) is 1. The second kappa shape index (κ2) is 8.67. The van der Waals surface area contributed by atoms with Crippen LogP contribution in [0.3, 0.4) is 0 Å². The zero-order chi connectivity index (χ0) is 18.4. The van der Waals surface area contributed by atoms with Crippen LogP contribution in [0, 0.1) is 13.8 Å². The van der Waals surface area contributed by atoms with Gasteiger partial charge in [0.15, 0.2) is 0 Å². The lowest BCUT2D eigenvalue weighted by molar-refractivity contribution is -0.120. The first-order valence-corrected chi connectivity index (χ1v) is 8.57. The maximum atomic E-state index is 12.1. The fourth-order valence-corrected chi connectivity index (χ4v) is 2.59. The Labute approximate surface area is 153 Å². The van der Waals surface area contributed by atoms with Crippen molar-refractivity contribution in [1.29, 1.82) is 0 Å². The highest BCUT2D eigenvalue weighted by Gasteiger charge is 2.07. The van der Waals surface area contributed by atoms with Gasteiger partial charge >= 0.3 is 0 Å².